The SMILES string of the molecule is CCOP(=O)(CCO)C1=c2cc3c(cc2Oc2cc4c(cc21)CCCN4CCOC)=[N+](CCOC)CCC3. The van der Waals surface area contributed by atoms with Crippen molar-refractivity contribution in [1.82, 2.24) is 4.58 Å². The van der Waals surface area contributed by atoms with Gasteiger partial charge in [0.05, 0.1) is 37.4 Å². The number of ether oxygens (including phenoxy) is 3. The molecule has 2 aromatic carbocycles. The van der Waals surface area contributed by atoms with E-state index in [1.807, 2.05) is 6.92 Å². The Morgan fingerprint density at radius 3 is 2.63 bits per heavy atom. The van der Waals surface area contributed by atoms with Gasteiger partial charge in [-0.3, -0.25) is 4.57 Å². The highest BCUT2D eigenvalue weighted by molar-refractivity contribution is 7.69. The fraction of sp³-hybridized carbons (Fsp3) is 0.552. The Bertz CT molecular complexity index is 1350. The fourth-order valence-corrected chi connectivity index (χ4v) is 8.24. The average molecular weight is 544 g/mol. The lowest BCUT2D eigenvalue weighted by Gasteiger charge is -2.34. The van der Waals surface area contributed by atoms with Crippen molar-refractivity contribution in [1.29, 1.82) is 0 Å². The van der Waals surface area contributed by atoms with Crippen molar-refractivity contribution in [2.24, 2.45) is 0 Å². The maximum Gasteiger partial charge on any atom is 0.235 e. The van der Waals surface area contributed by atoms with E-state index in [0.717, 1.165) is 73.7 Å². The first kappa shape index (κ1) is 27.4. The molecule has 0 fully saturated rings. The van der Waals surface area contributed by atoms with Crippen molar-refractivity contribution in [3.05, 3.63) is 51.5 Å². The topological polar surface area (TPSA) is 80.5 Å². The lowest BCUT2D eigenvalue weighted by molar-refractivity contribution is 0.192. The average Bonchev–Trinajstić information content (AvgIpc) is 2.91. The summed E-state index contributed by atoms with van der Waals surface area (Å²) in [7, 11) is 0.0711. The monoisotopic (exact) mass is 543 g/mol. The predicted octanol–water partition coefficient (Wildman–Crippen LogP) is 2.74. The molecule has 1 atom stereocenters. The second-order valence-corrected chi connectivity index (χ2v) is 12.6. The molecule has 5 rings (SSSR count). The van der Waals surface area contributed by atoms with E-state index in [4.69, 9.17) is 18.7 Å². The van der Waals surface area contributed by atoms with Gasteiger partial charge in [0.25, 0.3) is 0 Å². The summed E-state index contributed by atoms with van der Waals surface area (Å²) in [5, 5.41) is 12.6. The molecule has 0 saturated heterocycles. The Morgan fingerprint density at radius 2 is 1.87 bits per heavy atom. The number of nitrogens with zero attached hydrogens (tertiary/aromatic N) is 2. The number of fused-ring (bicyclic) bond motifs is 4. The second kappa shape index (κ2) is 11.9. The van der Waals surface area contributed by atoms with Crippen molar-refractivity contribution in [3.63, 3.8) is 0 Å². The number of rotatable bonds is 11. The molecule has 38 heavy (non-hydrogen) atoms. The van der Waals surface area contributed by atoms with Crippen LogP contribution in [0.5, 0.6) is 11.5 Å². The number of methoxy groups -OCH3 is 2. The number of aryl methyl sites for hydroxylation is 2. The molecular formula is C29H40N2O6P+. The van der Waals surface area contributed by atoms with Gasteiger partial charge in [-0.1, -0.05) is 0 Å². The summed E-state index contributed by atoms with van der Waals surface area (Å²) >= 11 is 0. The zero-order valence-corrected chi connectivity index (χ0v) is 23.7. The van der Waals surface area contributed by atoms with Gasteiger partial charge < -0.3 is 28.7 Å². The Morgan fingerprint density at radius 1 is 1.05 bits per heavy atom. The molecule has 206 valence electrons. The van der Waals surface area contributed by atoms with Gasteiger partial charge in [-0.25, -0.2) is 4.58 Å². The molecule has 8 nitrogen and oxygen atoms in total. The molecule has 0 spiro atoms. The largest absolute Gasteiger partial charge is 0.456 e. The van der Waals surface area contributed by atoms with E-state index in [2.05, 4.69) is 33.7 Å². The highest BCUT2D eigenvalue weighted by Gasteiger charge is 2.37. The number of aliphatic hydroxyl groups excluding tert-OH is 1. The predicted molar refractivity (Wildman–Crippen MR) is 149 cm³/mol. The quantitative estimate of drug-likeness (QED) is 0.345. The van der Waals surface area contributed by atoms with Crippen LogP contribution in [0, 0.1) is 0 Å². The highest BCUT2D eigenvalue weighted by atomic mass is 31.2. The first-order chi connectivity index (χ1) is 18.5. The standard InChI is InChI=1S/C29H40N2O6P/c1-4-36-38(33,16-13-32)29-23-17-21-7-5-9-30(11-14-34-2)25(21)19-27(23)37-28-20-26-22(18-24(28)29)8-6-10-31(26)12-15-35-3/h17-20,32H,4-16H2,1-3H3/q+1. The van der Waals surface area contributed by atoms with Crippen molar-refractivity contribution in [2.45, 2.75) is 32.6 Å². The third kappa shape index (κ3) is 5.17. The molecule has 0 bridgehead atoms. The van der Waals surface area contributed by atoms with Crippen LogP contribution in [0.2, 0.25) is 0 Å². The van der Waals surface area contributed by atoms with Crippen LogP contribution in [0.15, 0.2) is 24.3 Å². The van der Waals surface area contributed by atoms with Crippen LogP contribution in [-0.2, 0) is 31.4 Å². The third-order valence-electron chi connectivity index (χ3n) is 7.72. The maximum absolute atomic E-state index is 14.5. The molecular weight excluding hydrogens is 503 g/mol. The second-order valence-electron chi connectivity index (χ2n) is 10.1. The van der Waals surface area contributed by atoms with Gasteiger partial charge in [0.2, 0.25) is 12.7 Å². The summed E-state index contributed by atoms with van der Waals surface area (Å²) in [5.41, 5.74) is 4.39. The summed E-state index contributed by atoms with van der Waals surface area (Å²) in [4.78, 5) is 2.34. The molecule has 0 radical (unpaired) electrons. The summed E-state index contributed by atoms with van der Waals surface area (Å²) in [6.07, 6.45) is 4.07. The number of hydrogen-bond donors (Lipinski definition) is 1. The normalized spacial score (nSPS) is 17.7. The van der Waals surface area contributed by atoms with Crippen molar-refractivity contribution in [2.75, 3.05) is 77.9 Å². The number of anilines is 1. The summed E-state index contributed by atoms with van der Waals surface area (Å²) in [6, 6.07) is 8.49. The van der Waals surface area contributed by atoms with E-state index >= 15 is 0 Å². The molecule has 1 unspecified atom stereocenters. The van der Waals surface area contributed by atoms with Crippen molar-refractivity contribution < 1.29 is 28.4 Å². The maximum atomic E-state index is 14.5. The van der Waals surface area contributed by atoms with Gasteiger partial charge >= 0.3 is 0 Å². The van der Waals surface area contributed by atoms with Crippen LogP contribution < -0.4 is 24.8 Å². The van der Waals surface area contributed by atoms with Gasteiger partial charge in [-0.2, -0.15) is 0 Å². The lowest BCUT2D eigenvalue weighted by atomic mass is 9.96. The highest BCUT2D eigenvalue weighted by Crippen LogP contribution is 2.61. The minimum Gasteiger partial charge on any atom is -0.456 e. The summed E-state index contributed by atoms with van der Waals surface area (Å²) in [6.45, 7) is 6.79. The van der Waals surface area contributed by atoms with Crippen LogP contribution >= 0.6 is 7.37 Å². The van der Waals surface area contributed by atoms with Gasteiger partial charge in [-0.05, 0) is 43.9 Å². The number of hydrogen-bond acceptors (Lipinski definition) is 7. The molecule has 1 N–H and O–H groups in total. The first-order valence-electron chi connectivity index (χ1n) is 13.7. The van der Waals surface area contributed by atoms with Crippen molar-refractivity contribution in [3.8, 4) is 11.5 Å². The van der Waals surface area contributed by atoms with E-state index in [9.17, 15) is 9.67 Å². The number of benzene rings is 2. The van der Waals surface area contributed by atoms with Gasteiger partial charge in [0, 0.05) is 61.8 Å². The lowest BCUT2D eigenvalue weighted by Crippen LogP contribution is -2.40. The van der Waals surface area contributed by atoms with E-state index in [1.54, 1.807) is 14.2 Å². The number of aliphatic hydroxyl groups is 1. The fourth-order valence-electron chi connectivity index (χ4n) is 6.00. The van der Waals surface area contributed by atoms with Gasteiger partial charge in [-0.15, -0.1) is 0 Å². The first-order valence-corrected chi connectivity index (χ1v) is 15.6. The minimum absolute atomic E-state index is 0.0726. The molecule has 2 aromatic rings. The van der Waals surface area contributed by atoms with Gasteiger partial charge in [0.1, 0.15) is 24.7 Å². The molecule has 0 saturated carbocycles. The van der Waals surface area contributed by atoms with Crippen LogP contribution in [0.4, 0.5) is 5.69 Å². The Balaban J connectivity index is 1.76. The smallest absolute Gasteiger partial charge is 0.235 e. The van der Waals surface area contributed by atoms with Gasteiger partial charge in [0.15, 0.2) is 6.54 Å². The molecule has 0 aliphatic carbocycles. The molecule has 3 aliphatic rings. The van der Waals surface area contributed by atoms with E-state index in [0.29, 0.717) is 36.6 Å². The Kier molecular flexibility index (Phi) is 8.56. The molecule has 3 heterocycles. The summed E-state index contributed by atoms with van der Waals surface area (Å²) in [5.74, 6) is 1.38. The third-order valence-corrected chi connectivity index (χ3v) is 10.4. The zero-order chi connectivity index (χ0) is 26.7. The van der Waals surface area contributed by atoms with E-state index < -0.39 is 7.37 Å². The van der Waals surface area contributed by atoms with Crippen LogP contribution in [0.1, 0.15) is 36.5 Å². The van der Waals surface area contributed by atoms with Crippen LogP contribution in [-0.4, -0.2) is 78.1 Å². The zero-order valence-electron chi connectivity index (χ0n) is 22.8. The molecule has 3 aliphatic heterocycles. The molecule has 0 aromatic heterocycles. The van der Waals surface area contributed by atoms with Crippen LogP contribution in [0.25, 0.3) is 5.31 Å². The van der Waals surface area contributed by atoms with E-state index in [-0.39, 0.29) is 12.8 Å². The Hall–Kier alpha value is -2.22. The molecule has 0 amide bonds. The Labute approximate surface area is 224 Å². The summed E-state index contributed by atoms with van der Waals surface area (Å²) < 4.78 is 40.2. The van der Waals surface area contributed by atoms with Crippen LogP contribution in [0.3, 0.4) is 0 Å². The van der Waals surface area contributed by atoms with E-state index in [1.165, 1.54) is 11.1 Å². The van der Waals surface area contributed by atoms with Crippen molar-refractivity contribution >= 4 is 18.4 Å². The molecule has 9 heteroatoms. The minimum atomic E-state index is -3.38.